The third kappa shape index (κ3) is 6.25. The first-order valence-corrected chi connectivity index (χ1v) is 9.20. The number of carbonyl (C=O) groups is 2. The zero-order chi connectivity index (χ0) is 19.1. The number of amides is 2. The van der Waals surface area contributed by atoms with Crippen LogP contribution in [0.4, 0.5) is 11.4 Å². The van der Waals surface area contributed by atoms with Gasteiger partial charge in [0.1, 0.15) is 5.75 Å². The molecule has 150 valence electrons. The van der Waals surface area contributed by atoms with E-state index in [1.807, 2.05) is 0 Å². The van der Waals surface area contributed by atoms with Gasteiger partial charge in [-0.1, -0.05) is 0 Å². The first kappa shape index (κ1) is 21.7. The molecule has 7 heteroatoms. The van der Waals surface area contributed by atoms with Crippen molar-refractivity contribution in [2.24, 2.45) is 5.92 Å². The highest BCUT2D eigenvalue weighted by Gasteiger charge is 2.15. The molecule has 1 unspecified atom stereocenters. The summed E-state index contributed by atoms with van der Waals surface area (Å²) in [6.45, 7) is 2.05. The van der Waals surface area contributed by atoms with Crippen molar-refractivity contribution in [1.82, 2.24) is 5.32 Å². The lowest BCUT2D eigenvalue weighted by atomic mass is 10.0. The number of ether oxygens (including phenoxy) is 1. The Kier molecular flexibility index (Phi) is 8.29. The Morgan fingerprint density at radius 3 is 2.29 bits per heavy atom. The maximum Gasteiger partial charge on any atom is 0.255 e. The van der Waals surface area contributed by atoms with Gasteiger partial charge >= 0.3 is 0 Å². The number of nitrogens with one attached hydrogen (secondary N) is 3. The Labute approximate surface area is 171 Å². The van der Waals surface area contributed by atoms with Crippen LogP contribution < -0.4 is 20.7 Å². The maximum atomic E-state index is 12.3. The lowest BCUT2D eigenvalue weighted by molar-refractivity contribution is -0.116. The normalized spacial score (nSPS) is 15.4. The van der Waals surface area contributed by atoms with Crippen LogP contribution in [0.2, 0.25) is 0 Å². The lowest BCUT2D eigenvalue weighted by Gasteiger charge is -2.10. The molecule has 0 aliphatic carbocycles. The minimum atomic E-state index is -0.202. The molecule has 1 aliphatic heterocycles. The molecule has 2 aromatic carbocycles. The van der Waals surface area contributed by atoms with E-state index in [0.29, 0.717) is 29.3 Å². The molecule has 1 heterocycles. The number of halogens is 1. The average Bonchev–Trinajstić information content (AvgIpc) is 3.21. The molecule has 1 aliphatic rings. The van der Waals surface area contributed by atoms with Gasteiger partial charge in [0.15, 0.2) is 0 Å². The van der Waals surface area contributed by atoms with Crippen molar-refractivity contribution < 1.29 is 14.3 Å². The average molecular weight is 404 g/mol. The zero-order valence-electron chi connectivity index (χ0n) is 15.9. The largest absolute Gasteiger partial charge is 0.497 e. The summed E-state index contributed by atoms with van der Waals surface area (Å²) in [5, 5.41) is 9.03. The molecule has 6 nitrogen and oxygen atoms in total. The van der Waals surface area contributed by atoms with Gasteiger partial charge in [-0.15, -0.1) is 12.4 Å². The van der Waals surface area contributed by atoms with E-state index in [-0.39, 0.29) is 24.2 Å². The van der Waals surface area contributed by atoms with Crippen LogP contribution in [0.1, 0.15) is 29.6 Å². The Balaban J connectivity index is 0.00000280. The van der Waals surface area contributed by atoms with Crippen molar-refractivity contribution in [3.05, 3.63) is 54.1 Å². The number of anilines is 2. The van der Waals surface area contributed by atoms with E-state index < -0.39 is 0 Å². The molecule has 1 saturated heterocycles. The van der Waals surface area contributed by atoms with Crippen molar-refractivity contribution in [1.29, 1.82) is 0 Å². The summed E-state index contributed by atoms with van der Waals surface area (Å²) in [5.74, 6) is 1.14. The Hall–Kier alpha value is -2.57. The number of hydrogen-bond donors (Lipinski definition) is 3. The molecule has 0 spiro atoms. The first-order chi connectivity index (χ1) is 13.1. The van der Waals surface area contributed by atoms with Crippen molar-refractivity contribution >= 4 is 35.6 Å². The highest BCUT2D eigenvalue weighted by molar-refractivity contribution is 6.04. The number of hydrogen-bond acceptors (Lipinski definition) is 4. The summed E-state index contributed by atoms with van der Waals surface area (Å²) in [6.07, 6.45) is 2.57. The van der Waals surface area contributed by atoms with Gasteiger partial charge in [0.25, 0.3) is 5.91 Å². The van der Waals surface area contributed by atoms with E-state index in [9.17, 15) is 9.59 Å². The number of carbonyl (C=O) groups excluding carboxylic acids is 2. The third-order valence-electron chi connectivity index (χ3n) is 4.72. The highest BCUT2D eigenvalue weighted by Crippen LogP contribution is 2.18. The van der Waals surface area contributed by atoms with Gasteiger partial charge in [0.2, 0.25) is 5.91 Å². The molecule has 1 atom stereocenters. The van der Waals surface area contributed by atoms with Crippen molar-refractivity contribution in [2.75, 3.05) is 30.8 Å². The SMILES string of the molecule is COc1ccc(NC(=O)c2ccc(NC(=O)CCC3CCNC3)cc2)cc1.Cl. The van der Waals surface area contributed by atoms with Gasteiger partial charge in [0.05, 0.1) is 7.11 Å². The van der Waals surface area contributed by atoms with Crippen LogP contribution in [-0.2, 0) is 4.79 Å². The molecule has 0 bridgehead atoms. The van der Waals surface area contributed by atoms with Crippen LogP contribution in [0.5, 0.6) is 5.75 Å². The van der Waals surface area contributed by atoms with Gasteiger partial charge in [-0.25, -0.2) is 0 Å². The van der Waals surface area contributed by atoms with E-state index >= 15 is 0 Å². The van der Waals surface area contributed by atoms with Crippen LogP contribution in [0.3, 0.4) is 0 Å². The monoisotopic (exact) mass is 403 g/mol. The molecule has 2 amide bonds. The maximum absolute atomic E-state index is 12.3. The van der Waals surface area contributed by atoms with E-state index in [1.165, 1.54) is 0 Å². The smallest absolute Gasteiger partial charge is 0.255 e. The van der Waals surface area contributed by atoms with Gasteiger partial charge < -0.3 is 20.7 Å². The van der Waals surface area contributed by atoms with E-state index in [4.69, 9.17) is 4.74 Å². The molecule has 3 N–H and O–H groups in total. The van der Waals surface area contributed by atoms with Crippen molar-refractivity contribution in [3.63, 3.8) is 0 Å². The summed E-state index contributed by atoms with van der Waals surface area (Å²) in [5.41, 5.74) is 1.92. The van der Waals surface area contributed by atoms with E-state index in [1.54, 1.807) is 55.6 Å². The van der Waals surface area contributed by atoms with Gasteiger partial charge in [0, 0.05) is 23.4 Å². The molecule has 0 aromatic heterocycles. The molecule has 0 radical (unpaired) electrons. The third-order valence-corrected chi connectivity index (χ3v) is 4.72. The second-order valence-corrected chi connectivity index (χ2v) is 6.71. The lowest BCUT2D eigenvalue weighted by Crippen LogP contribution is -2.15. The molecule has 1 fully saturated rings. The standard InChI is InChI=1S/C21H25N3O3.ClH/c1-27-19-9-7-18(8-10-19)24-21(26)16-3-5-17(6-4-16)23-20(25)11-2-15-12-13-22-14-15;/h3-10,15,22H,2,11-14H2,1H3,(H,23,25)(H,24,26);1H. The fraction of sp³-hybridized carbons (Fsp3) is 0.333. The van der Waals surface area contributed by atoms with Gasteiger partial charge in [-0.3, -0.25) is 9.59 Å². The Morgan fingerprint density at radius 1 is 1.04 bits per heavy atom. The minimum Gasteiger partial charge on any atom is -0.497 e. The minimum absolute atomic E-state index is 0. The van der Waals surface area contributed by atoms with Gasteiger partial charge in [-0.05, 0) is 80.4 Å². The summed E-state index contributed by atoms with van der Waals surface area (Å²) in [4.78, 5) is 24.4. The topological polar surface area (TPSA) is 79.5 Å². The Morgan fingerprint density at radius 2 is 1.68 bits per heavy atom. The van der Waals surface area contributed by atoms with Crippen LogP contribution >= 0.6 is 12.4 Å². The van der Waals surface area contributed by atoms with E-state index in [0.717, 1.165) is 31.7 Å². The summed E-state index contributed by atoms with van der Waals surface area (Å²) in [7, 11) is 1.60. The summed E-state index contributed by atoms with van der Waals surface area (Å²) in [6, 6.07) is 14.0. The van der Waals surface area contributed by atoms with Crippen LogP contribution in [-0.4, -0.2) is 32.0 Å². The molecule has 0 saturated carbocycles. The fourth-order valence-electron chi connectivity index (χ4n) is 3.10. The summed E-state index contributed by atoms with van der Waals surface area (Å²) >= 11 is 0. The fourth-order valence-corrected chi connectivity index (χ4v) is 3.10. The second kappa shape index (κ2) is 10.7. The van der Waals surface area contributed by atoms with E-state index in [2.05, 4.69) is 16.0 Å². The predicted molar refractivity (Wildman–Crippen MR) is 113 cm³/mol. The quantitative estimate of drug-likeness (QED) is 0.658. The second-order valence-electron chi connectivity index (χ2n) is 6.71. The predicted octanol–water partition coefficient (Wildman–Crippen LogP) is 3.70. The van der Waals surface area contributed by atoms with Crippen molar-refractivity contribution in [2.45, 2.75) is 19.3 Å². The van der Waals surface area contributed by atoms with Crippen LogP contribution in [0, 0.1) is 5.92 Å². The molecule has 2 aromatic rings. The molecular weight excluding hydrogens is 378 g/mol. The first-order valence-electron chi connectivity index (χ1n) is 9.20. The Bertz CT molecular complexity index is 772. The molecule has 3 rings (SSSR count). The van der Waals surface area contributed by atoms with Crippen LogP contribution in [0.15, 0.2) is 48.5 Å². The number of methoxy groups -OCH3 is 1. The number of benzene rings is 2. The van der Waals surface area contributed by atoms with Crippen LogP contribution in [0.25, 0.3) is 0 Å². The molecular formula is C21H26ClN3O3. The molecule has 28 heavy (non-hydrogen) atoms. The summed E-state index contributed by atoms with van der Waals surface area (Å²) < 4.78 is 5.10. The number of rotatable bonds is 7. The van der Waals surface area contributed by atoms with Gasteiger partial charge in [-0.2, -0.15) is 0 Å². The van der Waals surface area contributed by atoms with Crippen molar-refractivity contribution in [3.8, 4) is 5.75 Å². The zero-order valence-corrected chi connectivity index (χ0v) is 16.7. The highest BCUT2D eigenvalue weighted by atomic mass is 35.5.